The Morgan fingerprint density at radius 1 is 1.24 bits per heavy atom. The topological polar surface area (TPSA) is 26.3 Å². The van der Waals surface area contributed by atoms with Gasteiger partial charge < -0.3 is 4.74 Å². The van der Waals surface area contributed by atoms with Crippen LogP contribution in [0, 0.1) is 5.41 Å². The van der Waals surface area contributed by atoms with Crippen molar-refractivity contribution in [1.29, 1.82) is 0 Å². The van der Waals surface area contributed by atoms with Gasteiger partial charge in [0.1, 0.15) is 5.75 Å². The molecule has 0 bridgehead atoms. The number of rotatable bonds is 6. The number of carbonyl (C=O) groups excluding carboxylic acids is 1. The number of hydrogen-bond donors (Lipinski definition) is 0. The molecule has 0 fully saturated rings. The Bertz CT molecular complexity index is 345. The van der Waals surface area contributed by atoms with Gasteiger partial charge in [0.2, 0.25) is 0 Å². The molecular weight excluding hydrogens is 212 g/mol. The Morgan fingerprint density at radius 2 is 1.88 bits per heavy atom. The van der Waals surface area contributed by atoms with Gasteiger partial charge in [0, 0.05) is 0 Å². The Morgan fingerprint density at radius 3 is 2.41 bits per heavy atom. The maximum atomic E-state index is 12.1. The van der Waals surface area contributed by atoms with Crippen molar-refractivity contribution in [2.75, 3.05) is 0 Å². The molecule has 0 spiro atoms. The lowest BCUT2D eigenvalue weighted by molar-refractivity contribution is -0.145. The SMILES string of the molecule is CCCCC(C)(CC)C(=O)Oc1ccccc1. The molecule has 1 unspecified atom stereocenters. The van der Waals surface area contributed by atoms with Crippen molar-refractivity contribution in [1.82, 2.24) is 0 Å². The van der Waals surface area contributed by atoms with E-state index in [1.54, 1.807) is 0 Å². The first-order valence-corrected chi connectivity index (χ1v) is 6.39. The molecule has 2 nitrogen and oxygen atoms in total. The summed E-state index contributed by atoms with van der Waals surface area (Å²) in [4.78, 5) is 12.1. The highest BCUT2D eigenvalue weighted by Crippen LogP contribution is 2.30. The molecule has 1 rings (SSSR count). The number of carbonyl (C=O) groups is 1. The maximum Gasteiger partial charge on any atom is 0.317 e. The van der Waals surface area contributed by atoms with Crippen LogP contribution in [0.2, 0.25) is 0 Å². The lowest BCUT2D eigenvalue weighted by Crippen LogP contribution is -2.31. The second kappa shape index (κ2) is 6.43. The normalized spacial score (nSPS) is 14.1. The monoisotopic (exact) mass is 234 g/mol. The van der Waals surface area contributed by atoms with Crippen molar-refractivity contribution in [3.05, 3.63) is 30.3 Å². The summed E-state index contributed by atoms with van der Waals surface area (Å²) in [6.45, 7) is 6.18. The van der Waals surface area contributed by atoms with Crippen LogP contribution < -0.4 is 4.74 Å². The van der Waals surface area contributed by atoms with Gasteiger partial charge in [0.05, 0.1) is 5.41 Å². The van der Waals surface area contributed by atoms with E-state index < -0.39 is 0 Å². The standard InChI is InChI=1S/C15H22O2/c1-4-6-12-15(3,5-2)14(16)17-13-10-8-7-9-11-13/h7-11H,4-6,12H2,1-3H3. The largest absolute Gasteiger partial charge is 0.426 e. The molecule has 0 N–H and O–H groups in total. The van der Waals surface area contributed by atoms with Gasteiger partial charge in [0.25, 0.3) is 0 Å². The number of hydrogen-bond acceptors (Lipinski definition) is 2. The van der Waals surface area contributed by atoms with Gasteiger partial charge >= 0.3 is 5.97 Å². The molecule has 0 aromatic heterocycles. The van der Waals surface area contributed by atoms with Crippen molar-refractivity contribution in [2.45, 2.75) is 46.5 Å². The third-order valence-electron chi connectivity index (χ3n) is 3.31. The van der Waals surface area contributed by atoms with Crippen LogP contribution in [0.25, 0.3) is 0 Å². The highest BCUT2D eigenvalue weighted by atomic mass is 16.5. The van der Waals surface area contributed by atoms with Gasteiger partial charge in [-0.3, -0.25) is 4.79 Å². The number of benzene rings is 1. The zero-order chi connectivity index (χ0) is 12.7. The second-order valence-corrected chi connectivity index (χ2v) is 4.72. The zero-order valence-electron chi connectivity index (χ0n) is 11.0. The molecule has 0 heterocycles. The van der Waals surface area contributed by atoms with E-state index in [1.807, 2.05) is 44.2 Å². The smallest absolute Gasteiger partial charge is 0.317 e. The molecule has 1 aromatic carbocycles. The van der Waals surface area contributed by atoms with Gasteiger partial charge in [0.15, 0.2) is 0 Å². The van der Waals surface area contributed by atoms with Crippen molar-refractivity contribution in [3.63, 3.8) is 0 Å². The number of unbranched alkanes of at least 4 members (excludes halogenated alkanes) is 1. The summed E-state index contributed by atoms with van der Waals surface area (Å²) >= 11 is 0. The van der Waals surface area contributed by atoms with Crippen molar-refractivity contribution < 1.29 is 9.53 Å². The molecule has 0 saturated heterocycles. The Labute approximate surface area is 104 Å². The van der Waals surface area contributed by atoms with Crippen LogP contribution in [-0.4, -0.2) is 5.97 Å². The fraction of sp³-hybridized carbons (Fsp3) is 0.533. The molecule has 1 atom stereocenters. The molecule has 0 amide bonds. The van der Waals surface area contributed by atoms with E-state index in [1.165, 1.54) is 0 Å². The Kier molecular flexibility index (Phi) is 5.20. The van der Waals surface area contributed by atoms with E-state index in [9.17, 15) is 4.79 Å². The molecule has 0 saturated carbocycles. The summed E-state index contributed by atoms with van der Waals surface area (Å²) in [6, 6.07) is 9.28. The van der Waals surface area contributed by atoms with Crippen LogP contribution >= 0.6 is 0 Å². The summed E-state index contributed by atoms with van der Waals surface area (Å²) in [5, 5.41) is 0. The zero-order valence-corrected chi connectivity index (χ0v) is 11.0. The predicted molar refractivity (Wildman–Crippen MR) is 70.0 cm³/mol. The minimum atomic E-state index is -0.355. The van der Waals surface area contributed by atoms with Gasteiger partial charge in [-0.1, -0.05) is 44.9 Å². The molecule has 0 aliphatic heterocycles. The minimum absolute atomic E-state index is 0.111. The summed E-state index contributed by atoms with van der Waals surface area (Å²) < 4.78 is 5.43. The highest BCUT2D eigenvalue weighted by molar-refractivity contribution is 5.78. The molecule has 2 heteroatoms. The van der Waals surface area contributed by atoms with E-state index in [0.29, 0.717) is 5.75 Å². The molecule has 0 radical (unpaired) electrons. The third-order valence-corrected chi connectivity index (χ3v) is 3.31. The van der Waals surface area contributed by atoms with E-state index in [2.05, 4.69) is 6.92 Å². The molecule has 17 heavy (non-hydrogen) atoms. The molecule has 0 aliphatic carbocycles. The molecule has 94 valence electrons. The van der Waals surface area contributed by atoms with E-state index in [0.717, 1.165) is 25.7 Å². The average Bonchev–Trinajstić information content (AvgIpc) is 2.37. The van der Waals surface area contributed by atoms with Gasteiger partial charge in [-0.25, -0.2) is 0 Å². The van der Waals surface area contributed by atoms with Gasteiger partial charge in [-0.2, -0.15) is 0 Å². The maximum absolute atomic E-state index is 12.1. The summed E-state index contributed by atoms with van der Waals surface area (Å²) in [5.74, 6) is 0.522. The Hall–Kier alpha value is -1.31. The van der Waals surface area contributed by atoms with Crippen LogP contribution in [0.4, 0.5) is 0 Å². The van der Waals surface area contributed by atoms with Crippen molar-refractivity contribution in [3.8, 4) is 5.75 Å². The first kappa shape index (κ1) is 13.8. The average molecular weight is 234 g/mol. The predicted octanol–water partition coefficient (Wildman–Crippen LogP) is 4.20. The van der Waals surface area contributed by atoms with Crippen LogP contribution in [0.5, 0.6) is 5.75 Å². The molecule has 1 aromatic rings. The summed E-state index contributed by atoms with van der Waals surface area (Å²) in [5.41, 5.74) is -0.355. The number of para-hydroxylation sites is 1. The van der Waals surface area contributed by atoms with E-state index in [-0.39, 0.29) is 11.4 Å². The van der Waals surface area contributed by atoms with E-state index in [4.69, 9.17) is 4.74 Å². The third kappa shape index (κ3) is 3.88. The molecule has 0 aliphatic rings. The van der Waals surface area contributed by atoms with Gasteiger partial charge in [-0.05, 0) is 31.9 Å². The number of ether oxygens (including phenoxy) is 1. The Balaban J connectivity index is 2.66. The van der Waals surface area contributed by atoms with Crippen LogP contribution in [-0.2, 0) is 4.79 Å². The summed E-state index contributed by atoms with van der Waals surface area (Å²) in [6.07, 6.45) is 3.88. The highest BCUT2D eigenvalue weighted by Gasteiger charge is 2.32. The first-order chi connectivity index (χ1) is 8.12. The van der Waals surface area contributed by atoms with E-state index >= 15 is 0 Å². The van der Waals surface area contributed by atoms with Crippen molar-refractivity contribution >= 4 is 5.97 Å². The summed E-state index contributed by atoms with van der Waals surface area (Å²) in [7, 11) is 0. The van der Waals surface area contributed by atoms with Crippen LogP contribution in [0.15, 0.2) is 30.3 Å². The van der Waals surface area contributed by atoms with Crippen LogP contribution in [0.1, 0.15) is 46.5 Å². The van der Waals surface area contributed by atoms with Crippen LogP contribution in [0.3, 0.4) is 0 Å². The fourth-order valence-corrected chi connectivity index (χ4v) is 1.71. The lowest BCUT2D eigenvalue weighted by Gasteiger charge is -2.25. The molecular formula is C15H22O2. The van der Waals surface area contributed by atoms with Gasteiger partial charge in [-0.15, -0.1) is 0 Å². The second-order valence-electron chi connectivity index (χ2n) is 4.72. The first-order valence-electron chi connectivity index (χ1n) is 6.39. The minimum Gasteiger partial charge on any atom is -0.426 e. The lowest BCUT2D eigenvalue weighted by atomic mass is 9.82. The number of esters is 1. The van der Waals surface area contributed by atoms with Crippen molar-refractivity contribution in [2.24, 2.45) is 5.41 Å². The fourth-order valence-electron chi connectivity index (χ4n) is 1.71. The quantitative estimate of drug-likeness (QED) is 0.544.